The Kier molecular flexibility index (Phi) is 5.73. The zero-order valence-corrected chi connectivity index (χ0v) is 14.2. The first-order chi connectivity index (χ1) is 11.1. The molecule has 23 heavy (non-hydrogen) atoms. The van der Waals surface area contributed by atoms with Crippen molar-refractivity contribution < 1.29 is 9.53 Å². The molecule has 1 amide bonds. The summed E-state index contributed by atoms with van der Waals surface area (Å²) < 4.78 is 7.19. The van der Waals surface area contributed by atoms with Crippen LogP contribution < -0.4 is 10.1 Å². The van der Waals surface area contributed by atoms with Gasteiger partial charge in [0.15, 0.2) is 0 Å². The summed E-state index contributed by atoms with van der Waals surface area (Å²) >= 11 is 0. The molecule has 0 unspecified atom stereocenters. The summed E-state index contributed by atoms with van der Waals surface area (Å²) in [5, 5.41) is 7.31. The van der Waals surface area contributed by atoms with Gasteiger partial charge in [0.05, 0.1) is 31.1 Å². The number of pyridine rings is 1. The molecule has 0 saturated heterocycles. The van der Waals surface area contributed by atoms with Gasteiger partial charge in [0, 0.05) is 24.0 Å². The number of hydrogen-bond acceptors (Lipinski definition) is 4. The lowest BCUT2D eigenvalue weighted by molar-refractivity contribution is 0.0950. The van der Waals surface area contributed by atoms with Crippen molar-refractivity contribution in [3.05, 3.63) is 41.5 Å². The molecule has 2 rings (SSSR count). The van der Waals surface area contributed by atoms with E-state index in [0.717, 1.165) is 24.1 Å². The molecule has 0 spiro atoms. The highest BCUT2D eigenvalue weighted by atomic mass is 16.5. The maximum atomic E-state index is 12.4. The van der Waals surface area contributed by atoms with Crippen molar-refractivity contribution >= 4 is 5.91 Å². The van der Waals surface area contributed by atoms with Crippen LogP contribution in [-0.4, -0.2) is 27.8 Å². The van der Waals surface area contributed by atoms with Gasteiger partial charge in [0.25, 0.3) is 5.91 Å². The smallest absolute Gasteiger partial charge is 0.255 e. The molecule has 6 heteroatoms. The highest BCUT2D eigenvalue weighted by molar-refractivity contribution is 5.95. The average molecular weight is 316 g/mol. The Morgan fingerprint density at radius 2 is 2.09 bits per heavy atom. The van der Waals surface area contributed by atoms with Crippen LogP contribution in [0.25, 0.3) is 0 Å². The first-order valence-electron chi connectivity index (χ1n) is 7.91. The number of carbonyl (C=O) groups excluding carboxylic acids is 1. The van der Waals surface area contributed by atoms with Gasteiger partial charge in [-0.25, -0.2) is 0 Å². The number of ether oxygens (including phenoxy) is 1. The predicted octanol–water partition coefficient (Wildman–Crippen LogP) is 2.89. The fraction of sp³-hybridized carbons (Fsp3) is 0.471. The molecule has 2 aromatic rings. The van der Waals surface area contributed by atoms with Gasteiger partial charge >= 0.3 is 0 Å². The van der Waals surface area contributed by atoms with Crippen molar-refractivity contribution in [3.63, 3.8) is 0 Å². The number of nitrogens with one attached hydrogen (secondary N) is 1. The minimum atomic E-state index is -0.126. The van der Waals surface area contributed by atoms with Crippen molar-refractivity contribution in [2.24, 2.45) is 0 Å². The lowest BCUT2D eigenvalue weighted by Gasteiger charge is -2.15. The zero-order chi connectivity index (χ0) is 16.8. The molecule has 1 N–H and O–H groups in total. The predicted molar refractivity (Wildman–Crippen MR) is 88.5 cm³/mol. The van der Waals surface area contributed by atoms with E-state index in [2.05, 4.69) is 29.2 Å². The average Bonchev–Trinajstić information content (AvgIpc) is 2.96. The van der Waals surface area contributed by atoms with Gasteiger partial charge in [0.1, 0.15) is 5.75 Å². The second-order valence-electron chi connectivity index (χ2n) is 5.43. The molecule has 0 aliphatic rings. The third-order valence-electron chi connectivity index (χ3n) is 4.11. The maximum absolute atomic E-state index is 12.4. The first kappa shape index (κ1) is 17.0. The summed E-state index contributed by atoms with van der Waals surface area (Å²) in [6, 6.07) is 2.16. The fourth-order valence-corrected chi connectivity index (χ4v) is 2.66. The van der Waals surface area contributed by atoms with E-state index in [4.69, 9.17) is 4.74 Å². The monoisotopic (exact) mass is 316 g/mol. The molecule has 0 aromatic carbocycles. The first-order valence-corrected chi connectivity index (χ1v) is 7.91. The molecule has 0 atom stereocenters. The second-order valence-corrected chi connectivity index (χ2v) is 5.43. The van der Waals surface area contributed by atoms with E-state index in [1.807, 2.05) is 17.7 Å². The van der Waals surface area contributed by atoms with Crippen molar-refractivity contribution in [3.8, 4) is 5.75 Å². The highest BCUT2D eigenvalue weighted by Gasteiger charge is 2.18. The SMILES string of the molecule is CCC(CC)n1ncc(C(=O)NCc2ccncc2OC)c1C. The fourth-order valence-electron chi connectivity index (χ4n) is 2.66. The largest absolute Gasteiger partial charge is 0.495 e. The van der Waals surface area contributed by atoms with E-state index >= 15 is 0 Å². The van der Waals surface area contributed by atoms with Crippen molar-refractivity contribution in [2.45, 2.75) is 46.2 Å². The van der Waals surface area contributed by atoms with Gasteiger partial charge in [0.2, 0.25) is 0 Å². The Morgan fingerprint density at radius 1 is 1.35 bits per heavy atom. The molecule has 0 radical (unpaired) electrons. The van der Waals surface area contributed by atoms with Gasteiger partial charge in [-0.2, -0.15) is 5.10 Å². The standard InChI is InChI=1S/C17H24N4O2/c1-5-14(6-2)21-12(3)15(10-20-21)17(22)19-9-13-7-8-18-11-16(13)23-4/h7-8,10-11,14H,5-6,9H2,1-4H3,(H,19,22). The summed E-state index contributed by atoms with van der Waals surface area (Å²) in [4.78, 5) is 16.4. The summed E-state index contributed by atoms with van der Waals surface area (Å²) in [5.74, 6) is 0.538. The number of nitrogens with zero attached hydrogens (tertiary/aromatic N) is 3. The minimum absolute atomic E-state index is 0.126. The Hall–Kier alpha value is -2.37. The van der Waals surface area contributed by atoms with Crippen LogP contribution in [0.2, 0.25) is 0 Å². The summed E-state index contributed by atoms with van der Waals surface area (Å²) in [7, 11) is 1.59. The Morgan fingerprint density at radius 3 is 2.74 bits per heavy atom. The normalized spacial score (nSPS) is 10.8. The number of methoxy groups -OCH3 is 1. The number of hydrogen-bond donors (Lipinski definition) is 1. The third-order valence-corrected chi connectivity index (χ3v) is 4.11. The Balaban J connectivity index is 2.10. The van der Waals surface area contributed by atoms with Crippen LogP contribution in [0, 0.1) is 6.92 Å². The van der Waals surface area contributed by atoms with Gasteiger partial charge in [-0.15, -0.1) is 0 Å². The maximum Gasteiger partial charge on any atom is 0.255 e. The van der Waals surface area contributed by atoms with E-state index in [0.29, 0.717) is 23.9 Å². The number of amides is 1. The molecular formula is C17H24N4O2. The molecule has 6 nitrogen and oxygen atoms in total. The molecule has 0 fully saturated rings. The third kappa shape index (κ3) is 3.70. The van der Waals surface area contributed by atoms with Gasteiger partial charge < -0.3 is 10.1 Å². The van der Waals surface area contributed by atoms with Crippen LogP contribution in [0.1, 0.15) is 54.3 Å². The van der Waals surface area contributed by atoms with E-state index < -0.39 is 0 Å². The molecule has 2 aromatic heterocycles. The minimum Gasteiger partial charge on any atom is -0.495 e. The van der Waals surface area contributed by atoms with E-state index in [9.17, 15) is 4.79 Å². The lowest BCUT2D eigenvalue weighted by Crippen LogP contribution is -2.24. The summed E-state index contributed by atoms with van der Waals surface area (Å²) in [5.41, 5.74) is 2.41. The van der Waals surface area contributed by atoms with Crippen molar-refractivity contribution in [1.82, 2.24) is 20.1 Å². The lowest BCUT2D eigenvalue weighted by atomic mass is 10.1. The van der Waals surface area contributed by atoms with E-state index in [1.54, 1.807) is 25.7 Å². The Labute approximate surface area is 136 Å². The zero-order valence-electron chi connectivity index (χ0n) is 14.2. The molecule has 0 bridgehead atoms. The van der Waals surface area contributed by atoms with Crippen molar-refractivity contribution in [2.75, 3.05) is 7.11 Å². The highest BCUT2D eigenvalue weighted by Crippen LogP contribution is 2.20. The van der Waals surface area contributed by atoms with E-state index in [1.165, 1.54) is 0 Å². The number of aromatic nitrogens is 3. The second kappa shape index (κ2) is 7.76. The van der Waals surface area contributed by atoms with Crippen LogP contribution in [0.5, 0.6) is 5.75 Å². The molecule has 0 saturated carbocycles. The van der Waals surface area contributed by atoms with Gasteiger partial charge in [-0.05, 0) is 25.8 Å². The van der Waals surface area contributed by atoms with Crippen molar-refractivity contribution in [1.29, 1.82) is 0 Å². The Bertz CT molecular complexity index is 662. The topological polar surface area (TPSA) is 69.0 Å². The van der Waals surface area contributed by atoms with Crippen LogP contribution in [0.15, 0.2) is 24.7 Å². The summed E-state index contributed by atoms with van der Waals surface area (Å²) in [6.07, 6.45) is 6.95. The van der Waals surface area contributed by atoms with Crippen LogP contribution in [0.4, 0.5) is 0 Å². The number of carbonyl (C=O) groups is 1. The van der Waals surface area contributed by atoms with Gasteiger partial charge in [-0.3, -0.25) is 14.5 Å². The van der Waals surface area contributed by atoms with E-state index in [-0.39, 0.29) is 5.91 Å². The molecule has 0 aliphatic carbocycles. The molecule has 2 heterocycles. The quantitative estimate of drug-likeness (QED) is 0.853. The van der Waals surface area contributed by atoms with Crippen LogP contribution in [0.3, 0.4) is 0 Å². The molecule has 0 aliphatic heterocycles. The number of rotatable bonds is 7. The van der Waals surface area contributed by atoms with Gasteiger partial charge in [-0.1, -0.05) is 13.8 Å². The van der Waals surface area contributed by atoms with Crippen LogP contribution in [-0.2, 0) is 6.54 Å². The molecular weight excluding hydrogens is 292 g/mol. The molecule has 124 valence electrons. The summed E-state index contributed by atoms with van der Waals surface area (Å²) in [6.45, 7) is 6.59. The van der Waals surface area contributed by atoms with Crippen LogP contribution >= 0.6 is 0 Å².